The first-order valence-corrected chi connectivity index (χ1v) is 6.39. The molecule has 21 heavy (non-hydrogen) atoms. The Hall–Kier alpha value is -2.74. The van der Waals surface area contributed by atoms with E-state index >= 15 is 0 Å². The zero-order valence-corrected chi connectivity index (χ0v) is 12.1. The summed E-state index contributed by atoms with van der Waals surface area (Å²) in [4.78, 5) is 10.9. The first-order valence-electron chi connectivity index (χ1n) is 6.39. The lowest BCUT2D eigenvalue weighted by Gasteiger charge is -2.11. The third-order valence-corrected chi connectivity index (χ3v) is 3.11. The minimum absolute atomic E-state index is 0.0677. The van der Waals surface area contributed by atoms with E-state index in [1.54, 1.807) is 25.1 Å². The molecule has 0 amide bonds. The minimum atomic E-state index is -1.09. The van der Waals surface area contributed by atoms with Gasteiger partial charge in [-0.05, 0) is 50.1 Å². The summed E-state index contributed by atoms with van der Waals surface area (Å²) in [5, 5.41) is 17.9. The number of carboxylic acids is 1. The van der Waals surface area contributed by atoms with Crippen molar-refractivity contribution in [3.63, 3.8) is 0 Å². The molecule has 0 atom stereocenters. The Labute approximate surface area is 122 Å². The minimum Gasteiger partial charge on any atom is -0.485 e. The maximum absolute atomic E-state index is 10.9. The van der Waals surface area contributed by atoms with Crippen molar-refractivity contribution in [2.75, 3.05) is 0 Å². The lowest BCUT2D eigenvalue weighted by atomic mass is 10.1. The number of nitriles is 1. The van der Waals surface area contributed by atoms with Crippen molar-refractivity contribution in [2.45, 2.75) is 27.4 Å². The summed E-state index contributed by atoms with van der Waals surface area (Å²) in [5.41, 5.74) is 2.86. The number of carbonyl (C=O) groups is 1. The van der Waals surface area contributed by atoms with E-state index < -0.39 is 5.97 Å². The van der Waals surface area contributed by atoms with Crippen molar-refractivity contribution >= 4 is 5.97 Å². The van der Waals surface area contributed by atoms with Crippen molar-refractivity contribution in [3.8, 4) is 11.8 Å². The molecule has 0 radical (unpaired) electrons. The Morgan fingerprint density at radius 1 is 1.24 bits per heavy atom. The molecule has 0 fully saturated rings. The highest BCUT2D eigenvalue weighted by atomic mass is 16.5. The Bertz CT molecular complexity index is 714. The summed E-state index contributed by atoms with van der Waals surface area (Å²) in [5.74, 6) is -0.0284. The highest BCUT2D eigenvalue weighted by Crippen LogP contribution is 2.26. The van der Waals surface area contributed by atoms with E-state index in [1.165, 1.54) is 0 Å². The maximum atomic E-state index is 10.9. The molecular weight excluding hydrogens is 270 g/mol. The SMILES string of the molecule is Cc1cc(COc2c(C)cc(C#N)cc2C)oc1C(=O)O. The van der Waals surface area contributed by atoms with Gasteiger partial charge in [0, 0.05) is 5.56 Å². The number of benzene rings is 1. The van der Waals surface area contributed by atoms with Crippen LogP contribution in [-0.2, 0) is 6.61 Å². The van der Waals surface area contributed by atoms with E-state index in [4.69, 9.17) is 19.5 Å². The molecule has 0 saturated heterocycles. The van der Waals surface area contributed by atoms with Crippen molar-refractivity contribution in [2.24, 2.45) is 0 Å². The molecule has 0 aliphatic rings. The number of rotatable bonds is 4. The van der Waals surface area contributed by atoms with Crippen LogP contribution < -0.4 is 4.74 Å². The van der Waals surface area contributed by atoms with Crippen molar-refractivity contribution < 1.29 is 19.1 Å². The summed E-state index contributed by atoms with van der Waals surface area (Å²) in [7, 11) is 0. The zero-order chi connectivity index (χ0) is 15.6. The van der Waals surface area contributed by atoms with Gasteiger partial charge in [-0.3, -0.25) is 0 Å². The van der Waals surface area contributed by atoms with Crippen molar-refractivity contribution in [3.05, 3.63) is 52.0 Å². The zero-order valence-electron chi connectivity index (χ0n) is 12.1. The summed E-state index contributed by atoms with van der Waals surface area (Å²) in [6.07, 6.45) is 0. The molecule has 2 rings (SSSR count). The van der Waals surface area contributed by atoms with Gasteiger partial charge in [-0.25, -0.2) is 4.79 Å². The second kappa shape index (κ2) is 5.71. The highest BCUT2D eigenvalue weighted by molar-refractivity contribution is 5.86. The van der Waals surface area contributed by atoms with Crippen LogP contribution in [0, 0.1) is 32.1 Å². The molecule has 0 aliphatic heterocycles. The fourth-order valence-corrected chi connectivity index (χ4v) is 2.22. The van der Waals surface area contributed by atoms with Crippen LogP contribution in [0.5, 0.6) is 5.75 Å². The lowest BCUT2D eigenvalue weighted by molar-refractivity contribution is 0.0657. The van der Waals surface area contributed by atoms with Crippen LogP contribution in [0.3, 0.4) is 0 Å². The molecule has 0 saturated carbocycles. The molecule has 1 heterocycles. The van der Waals surface area contributed by atoms with Crippen LogP contribution in [0.2, 0.25) is 0 Å². The fraction of sp³-hybridized carbons (Fsp3) is 0.250. The molecule has 2 aromatic rings. The molecule has 5 heteroatoms. The molecule has 0 bridgehead atoms. The number of ether oxygens (including phenoxy) is 1. The molecule has 0 unspecified atom stereocenters. The van der Waals surface area contributed by atoms with Crippen LogP contribution >= 0.6 is 0 Å². The molecular formula is C16H15NO4. The van der Waals surface area contributed by atoms with Gasteiger partial charge in [0.25, 0.3) is 0 Å². The van der Waals surface area contributed by atoms with E-state index in [2.05, 4.69) is 6.07 Å². The quantitative estimate of drug-likeness (QED) is 0.931. The largest absolute Gasteiger partial charge is 0.485 e. The van der Waals surface area contributed by atoms with Crippen molar-refractivity contribution in [1.82, 2.24) is 0 Å². The van der Waals surface area contributed by atoms with Crippen LogP contribution in [0.25, 0.3) is 0 Å². The Morgan fingerprint density at radius 2 is 1.86 bits per heavy atom. The van der Waals surface area contributed by atoms with Crippen molar-refractivity contribution in [1.29, 1.82) is 5.26 Å². The molecule has 1 aromatic carbocycles. The molecule has 1 aromatic heterocycles. The van der Waals surface area contributed by atoms with Gasteiger partial charge in [-0.1, -0.05) is 0 Å². The average molecular weight is 285 g/mol. The van der Waals surface area contributed by atoms with Crippen LogP contribution in [0.15, 0.2) is 22.6 Å². The summed E-state index contributed by atoms with van der Waals surface area (Å²) >= 11 is 0. The van der Waals surface area contributed by atoms with E-state index in [0.717, 1.165) is 11.1 Å². The Kier molecular flexibility index (Phi) is 3.99. The number of hydrogen-bond donors (Lipinski definition) is 1. The van der Waals surface area contributed by atoms with Gasteiger partial charge in [0.2, 0.25) is 5.76 Å². The summed E-state index contributed by atoms with van der Waals surface area (Å²) in [6.45, 7) is 5.54. The first-order chi connectivity index (χ1) is 9.92. The van der Waals surface area contributed by atoms with E-state index in [0.29, 0.717) is 22.6 Å². The number of furan rings is 1. The maximum Gasteiger partial charge on any atom is 0.372 e. The van der Waals surface area contributed by atoms with Crippen LogP contribution in [0.1, 0.15) is 38.6 Å². The number of nitrogens with zero attached hydrogens (tertiary/aromatic N) is 1. The highest BCUT2D eigenvalue weighted by Gasteiger charge is 2.15. The molecule has 108 valence electrons. The Morgan fingerprint density at radius 3 is 2.33 bits per heavy atom. The van der Waals surface area contributed by atoms with Gasteiger partial charge in [0.1, 0.15) is 18.1 Å². The number of hydrogen-bond acceptors (Lipinski definition) is 4. The molecule has 5 nitrogen and oxygen atoms in total. The summed E-state index contributed by atoms with van der Waals surface area (Å²) in [6, 6.07) is 7.24. The standard InChI is InChI=1S/C16H15NO4/c1-9-4-12(7-17)5-10(2)14(9)20-8-13-6-11(3)15(21-13)16(18)19/h4-6H,8H2,1-3H3,(H,18,19). The first kappa shape index (κ1) is 14.7. The second-order valence-electron chi connectivity index (χ2n) is 4.87. The topological polar surface area (TPSA) is 83.5 Å². The van der Waals surface area contributed by atoms with Crippen LogP contribution in [-0.4, -0.2) is 11.1 Å². The molecule has 0 spiro atoms. The fourth-order valence-electron chi connectivity index (χ4n) is 2.22. The predicted molar refractivity (Wildman–Crippen MR) is 75.4 cm³/mol. The smallest absolute Gasteiger partial charge is 0.372 e. The third kappa shape index (κ3) is 3.06. The average Bonchev–Trinajstić information content (AvgIpc) is 2.79. The normalized spacial score (nSPS) is 10.2. The van der Waals surface area contributed by atoms with Gasteiger partial charge in [0.15, 0.2) is 0 Å². The number of aryl methyl sites for hydroxylation is 3. The van der Waals surface area contributed by atoms with Gasteiger partial charge in [-0.15, -0.1) is 0 Å². The van der Waals surface area contributed by atoms with E-state index in [9.17, 15) is 4.79 Å². The molecule has 1 N–H and O–H groups in total. The lowest BCUT2D eigenvalue weighted by Crippen LogP contribution is -1.99. The third-order valence-electron chi connectivity index (χ3n) is 3.11. The number of carboxylic acid groups (broad SMARTS) is 1. The van der Waals surface area contributed by atoms with Gasteiger partial charge >= 0.3 is 5.97 Å². The van der Waals surface area contributed by atoms with E-state index in [1.807, 2.05) is 13.8 Å². The van der Waals surface area contributed by atoms with Gasteiger partial charge in [-0.2, -0.15) is 5.26 Å². The summed E-state index contributed by atoms with van der Waals surface area (Å²) < 4.78 is 11.0. The van der Waals surface area contributed by atoms with Gasteiger partial charge in [0.05, 0.1) is 11.6 Å². The molecule has 0 aliphatic carbocycles. The van der Waals surface area contributed by atoms with Gasteiger partial charge < -0.3 is 14.3 Å². The predicted octanol–water partition coefficient (Wildman–Crippen LogP) is 3.35. The van der Waals surface area contributed by atoms with E-state index in [-0.39, 0.29) is 12.4 Å². The van der Waals surface area contributed by atoms with Crippen LogP contribution in [0.4, 0.5) is 0 Å². The second-order valence-corrected chi connectivity index (χ2v) is 4.87. The number of aromatic carboxylic acids is 1. The monoisotopic (exact) mass is 285 g/mol. The Balaban J connectivity index is 2.19.